The summed E-state index contributed by atoms with van der Waals surface area (Å²) in [5, 5.41) is 3.05. The number of nitrogens with zero attached hydrogens (tertiary/aromatic N) is 1. The number of hydrogen-bond acceptors (Lipinski definition) is 5. The van der Waals surface area contributed by atoms with Crippen molar-refractivity contribution in [3.05, 3.63) is 69.7 Å². The Labute approximate surface area is 215 Å². The Morgan fingerprint density at radius 1 is 1.11 bits per heavy atom. The number of halogens is 7. The molecule has 5 nitrogen and oxygen atoms in total. The molecule has 1 aliphatic rings. The summed E-state index contributed by atoms with van der Waals surface area (Å²) in [5.41, 5.74) is 6.80. The molecule has 3 rings (SSSR count). The van der Waals surface area contributed by atoms with Crippen LogP contribution in [0.1, 0.15) is 67.8 Å². The van der Waals surface area contributed by atoms with Gasteiger partial charge in [-0.25, -0.2) is 0 Å². The van der Waals surface area contributed by atoms with Crippen molar-refractivity contribution >= 4 is 23.1 Å². The van der Waals surface area contributed by atoms with Gasteiger partial charge in [-0.05, 0) is 49.2 Å². The zero-order valence-corrected chi connectivity index (χ0v) is 21.0. The smallest absolute Gasteiger partial charge is 0.374 e. The van der Waals surface area contributed by atoms with Gasteiger partial charge in [0.2, 0.25) is 0 Å². The zero-order chi connectivity index (χ0) is 28.0. The van der Waals surface area contributed by atoms with Gasteiger partial charge >= 0.3 is 12.4 Å². The largest absolute Gasteiger partial charge is 0.435 e. The molecule has 2 aromatic carbocycles. The van der Waals surface area contributed by atoms with Crippen LogP contribution in [0.3, 0.4) is 0 Å². The van der Waals surface area contributed by atoms with Gasteiger partial charge in [-0.1, -0.05) is 47.9 Å². The Morgan fingerprint density at radius 3 is 2.22 bits per heavy atom. The molecule has 1 aliphatic heterocycles. The normalized spacial score (nSPS) is 18.4. The molecular weight excluding hydrogens is 524 g/mol. The van der Waals surface area contributed by atoms with Crippen LogP contribution in [0.4, 0.5) is 26.3 Å². The quantitative estimate of drug-likeness (QED) is 0.376. The molecule has 4 N–H and O–H groups in total. The monoisotopic (exact) mass is 551 g/mol. The van der Waals surface area contributed by atoms with E-state index < -0.39 is 40.5 Å². The second kappa shape index (κ2) is 12.3. The fraction of sp³-hybridized carbons (Fsp3) is 0.440. The summed E-state index contributed by atoms with van der Waals surface area (Å²) in [7, 11) is 0. The van der Waals surface area contributed by atoms with Crippen LogP contribution in [-0.4, -0.2) is 24.2 Å². The number of alkyl halides is 6. The minimum Gasteiger partial charge on any atom is -0.374 e. The maximum Gasteiger partial charge on any atom is 0.435 e. The Balaban J connectivity index is 0.000000521. The van der Waals surface area contributed by atoms with Gasteiger partial charge in [0.1, 0.15) is 5.78 Å². The molecule has 12 heteroatoms. The molecule has 2 atom stereocenters. The van der Waals surface area contributed by atoms with Gasteiger partial charge in [-0.3, -0.25) is 4.79 Å². The van der Waals surface area contributed by atoms with E-state index >= 15 is 0 Å². The number of carbonyl (C=O) groups excluding carboxylic acids is 1. The van der Waals surface area contributed by atoms with E-state index in [-0.39, 0.29) is 17.5 Å². The topological polar surface area (TPSA) is 90.7 Å². The first-order valence-electron chi connectivity index (χ1n) is 11.4. The number of carbonyl (C=O) groups is 1. The summed E-state index contributed by atoms with van der Waals surface area (Å²) in [6, 6.07) is 7.82. The highest BCUT2D eigenvalue weighted by Crippen LogP contribution is 2.50. The summed E-state index contributed by atoms with van der Waals surface area (Å²) >= 11 is 5.67. The van der Waals surface area contributed by atoms with Crippen LogP contribution in [0.25, 0.3) is 0 Å². The van der Waals surface area contributed by atoms with Crippen molar-refractivity contribution < 1.29 is 36.0 Å². The second-order valence-electron chi connectivity index (χ2n) is 8.60. The fourth-order valence-corrected chi connectivity index (χ4v) is 3.82. The average molecular weight is 552 g/mol. The van der Waals surface area contributed by atoms with Gasteiger partial charge in [0.25, 0.3) is 5.60 Å². The predicted octanol–water partition coefficient (Wildman–Crippen LogP) is 6.67. The number of nitrogens with two attached hydrogens (primary N) is 2. The molecule has 2 aromatic rings. The van der Waals surface area contributed by atoms with Gasteiger partial charge in [-0.15, -0.1) is 0 Å². The standard InChI is InChI=1S/C19H15ClF6N2O.C6H13NO/c1-10(27)11-2-4-12(5-3-11)16-9-17(29-28-16,19(24,25)26)13-6-14(18(21,22)23)8-15(20)7-13;1-2-3-6(8)4-5-7/h2-8,10H,9,27H2,1H3;2-5,7H2,1H3. The first kappa shape index (κ1) is 30.6. The summed E-state index contributed by atoms with van der Waals surface area (Å²) in [6.45, 7) is 4.24. The molecule has 0 aliphatic carbocycles. The third-order valence-electron chi connectivity index (χ3n) is 5.60. The summed E-state index contributed by atoms with van der Waals surface area (Å²) in [5.74, 6) is 0.287. The molecule has 204 valence electrons. The zero-order valence-electron chi connectivity index (χ0n) is 20.2. The average Bonchev–Trinajstić information content (AvgIpc) is 3.26. The minimum absolute atomic E-state index is 0.0490. The number of rotatable bonds is 7. The van der Waals surface area contributed by atoms with Crippen molar-refractivity contribution in [2.24, 2.45) is 16.6 Å². The highest BCUT2D eigenvalue weighted by molar-refractivity contribution is 6.30. The Kier molecular flexibility index (Phi) is 10.2. The van der Waals surface area contributed by atoms with Crippen molar-refractivity contribution in [2.45, 2.75) is 63.5 Å². The van der Waals surface area contributed by atoms with E-state index in [0.29, 0.717) is 37.1 Å². The summed E-state index contributed by atoms with van der Waals surface area (Å²) in [6.07, 6.45) is -8.53. The first-order chi connectivity index (χ1) is 17.1. The maximum atomic E-state index is 14.0. The van der Waals surface area contributed by atoms with E-state index in [4.69, 9.17) is 27.9 Å². The van der Waals surface area contributed by atoms with Crippen LogP contribution in [0.5, 0.6) is 0 Å². The van der Waals surface area contributed by atoms with Crippen LogP contribution >= 0.6 is 11.6 Å². The number of Topliss-reactive ketones (excluding diaryl/α,β-unsaturated/α-hetero) is 1. The molecule has 2 unspecified atom stereocenters. The molecule has 0 saturated carbocycles. The van der Waals surface area contributed by atoms with E-state index in [0.717, 1.165) is 18.1 Å². The van der Waals surface area contributed by atoms with E-state index in [1.54, 1.807) is 19.1 Å². The van der Waals surface area contributed by atoms with Gasteiger partial charge in [0.05, 0.1) is 11.3 Å². The van der Waals surface area contributed by atoms with E-state index in [1.807, 2.05) is 6.92 Å². The molecule has 0 fully saturated rings. The summed E-state index contributed by atoms with van der Waals surface area (Å²) < 4.78 is 81.2. The number of hydrogen-bond donors (Lipinski definition) is 2. The molecule has 0 amide bonds. The SMILES string of the molecule is CC(N)c1ccc(C2=NOC(c3cc(Cl)cc(C(F)(F)F)c3)(C(F)(F)F)C2)cc1.CCCC(=O)CCN. The molecule has 0 saturated heterocycles. The Morgan fingerprint density at radius 2 is 1.73 bits per heavy atom. The molecule has 0 spiro atoms. The maximum absolute atomic E-state index is 14.0. The van der Waals surface area contributed by atoms with Crippen LogP contribution in [0.15, 0.2) is 47.6 Å². The predicted molar refractivity (Wildman–Crippen MR) is 129 cm³/mol. The Hall–Kier alpha value is -2.63. The van der Waals surface area contributed by atoms with Gasteiger partial charge in [-0.2, -0.15) is 26.3 Å². The molecule has 1 heterocycles. The van der Waals surface area contributed by atoms with Gasteiger partial charge in [0.15, 0.2) is 0 Å². The fourth-order valence-electron chi connectivity index (χ4n) is 3.59. The molecule has 37 heavy (non-hydrogen) atoms. The minimum atomic E-state index is -5.04. The van der Waals surface area contributed by atoms with Crippen molar-refractivity contribution in [3.63, 3.8) is 0 Å². The molecule has 0 radical (unpaired) electrons. The van der Waals surface area contributed by atoms with Crippen LogP contribution in [0, 0.1) is 0 Å². The highest BCUT2D eigenvalue weighted by Gasteiger charge is 2.62. The second-order valence-corrected chi connectivity index (χ2v) is 9.03. The summed E-state index contributed by atoms with van der Waals surface area (Å²) in [4.78, 5) is 15.3. The van der Waals surface area contributed by atoms with Crippen molar-refractivity contribution in [3.8, 4) is 0 Å². The van der Waals surface area contributed by atoms with Gasteiger partial charge < -0.3 is 16.3 Å². The van der Waals surface area contributed by atoms with E-state index in [9.17, 15) is 31.1 Å². The van der Waals surface area contributed by atoms with Gasteiger partial charge in [0, 0.05) is 35.9 Å². The lowest BCUT2D eigenvalue weighted by atomic mass is 9.85. The van der Waals surface area contributed by atoms with Crippen molar-refractivity contribution in [1.29, 1.82) is 0 Å². The Bertz CT molecular complexity index is 1090. The van der Waals surface area contributed by atoms with Crippen LogP contribution in [-0.2, 0) is 21.4 Å². The van der Waals surface area contributed by atoms with Crippen LogP contribution in [0.2, 0.25) is 5.02 Å². The number of oxime groups is 1. The lowest BCUT2D eigenvalue weighted by Gasteiger charge is -2.30. The third-order valence-corrected chi connectivity index (χ3v) is 5.82. The molecular formula is C25H28ClF6N3O2. The van der Waals surface area contributed by atoms with Crippen molar-refractivity contribution in [1.82, 2.24) is 0 Å². The number of benzene rings is 2. The number of ketones is 1. The lowest BCUT2D eigenvalue weighted by Crippen LogP contribution is -2.42. The molecule has 0 bridgehead atoms. The highest BCUT2D eigenvalue weighted by atomic mass is 35.5. The molecule has 0 aromatic heterocycles. The van der Waals surface area contributed by atoms with Crippen molar-refractivity contribution in [2.75, 3.05) is 6.54 Å². The van der Waals surface area contributed by atoms with Crippen LogP contribution < -0.4 is 11.5 Å². The van der Waals surface area contributed by atoms with E-state index in [2.05, 4.69) is 5.16 Å². The first-order valence-corrected chi connectivity index (χ1v) is 11.8. The third kappa shape index (κ3) is 7.68. The lowest BCUT2D eigenvalue weighted by molar-refractivity contribution is -0.276. The van der Waals surface area contributed by atoms with E-state index in [1.165, 1.54) is 12.1 Å².